The van der Waals surface area contributed by atoms with Crippen molar-refractivity contribution in [1.29, 1.82) is 0 Å². The Balaban J connectivity index is 1.39. The van der Waals surface area contributed by atoms with Crippen molar-refractivity contribution in [2.24, 2.45) is 0 Å². The van der Waals surface area contributed by atoms with E-state index < -0.39 is 0 Å². The van der Waals surface area contributed by atoms with Crippen molar-refractivity contribution < 1.29 is 9.59 Å². The number of aromatic nitrogens is 1. The first-order valence-electron chi connectivity index (χ1n) is 9.62. The minimum absolute atomic E-state index is 0.00311. The number of urea groups is 1. The minimum Gasteiger partial charge on any atom is -0.331 e. The number of pyridine rings is 1. The Kier molecular flexibility index (Phi) is 5.52. The predicted octanol–water partition coefficient (Wildman–Crippen LogP) is 4.53. The zero-order chi connectivity index (χ0) is 20.1. The molecule has 0 aliphatic heterocycles. The van der Waals surface area contributed by atoms with Crippen LogP contribution in [0.4, 0.5) is 16.2 Å². The molecule has 2 aromatic carbocycles. The third-order valence-electron chi connectivity index (χ3n) is 4.75. The van der Waals surface area contributed by atoms with E-state index in [0.29, 0.717) is 23.5 Å². The van der Waals surface area contributed by atoms with E-state index in [-0.39, 0.29) is 18.0 Å². The van der Waals surface area contributed by atoms with Crippen molar-refractivity contribution in [1.82, 2.24) is 9.88 Å². The topological polar surface area (TPSA) is 74.3 Å². The van der Waals surface area contributed by atoms with E-state index in [4.69, 9.17) is 0 Å². The number of hydrogen-bond donors (Lipinski definition) is 2. The van der Waals surface area contributed by atoms with Gasteiger partial charge in [0.2, 0.25) is 0 Å². The van der Waals surface area contributed by atoms with Gasteiger partial charge in [-0.15, -0.1) is 0 Å². The molecular formula is C23H22N4O2. The largest absolute Gasteiger partial charge is 0.331 e. The van der Waals surface area contributed by atoms with Gasteiger partial charge >= 0.3 is 6.03 Å². The zero-order valence-electron chi connectivity index (χ0n) is 15.9. The normalized spacial score (nSPS) is 12.8. The Hall–Kier alpha value is -3.67. The second kappa shape index (κ2) is 8.56. The molecule has 1 aliphatic carbocycles. The molecule has 4 rings (SSSR count). The van der Waals surface area contributed by atoms with Crippen LogP contribution in [-0.4, -0.2) is 27.9 Å². The van der Waals surface area contributed by atoms with Crippen molar-refractivity contribution in [2.75, 3.05) is 10.6 Å². The molecule has 1 heterocycles. The Morgan fingerprint density at radius 1 is 0.897 bits per heavy atom. The van der Waals surface area contributed by atoms with Gasteiger partial charge in [-0.05, 0) is 60.9 Å². The summed E-state index contributed by atoms with van der Waals surface area (Å²) >= 11 is 0. The highest BCUT2D eigenvalue weighted by molar-refractivity contribution is 6.00. The molecule has 0 spiro atoms. The average molecular weight is 386 g/mol. The summed E-state index contributed by atoms with van der Waals surface area (Å²) in [4.78, 5) is 31.2. The number of anilines is 2. The van der Waals surface area contributed by atoms with Crippen LogP contribution >= 0.6 is 0 Å². The lowest BCUT2D eigenvalue weighted by Crippen LogP contribution is -2.32. The maximum Gasteiger partial charge on any atom is 0.323 e. The van der Waals surface area contributed by atoms with Crippen molar-refractivity contribution in [3.05, 3.63) is 90.3 Å². The molecule has 3 aromatic rings. The number of carbonyl (C=O) groups excluding carboxylic acids is 2. The van der Waals surface area contributed by atoms with E-state index >= 15 is 0 Å². The first-order valence-corrected chi connectivity index (χ1v) is 9.62. The maximum atomic E-state index is 13.0. The quantitative estimate of drug-likeness (QED) is 0.654. The number of carbonyl (C=O) groups is 2. The van der Waals surface area contributed by atoms with Crippen LogP contribution in [0.15, 0.2) is 79.1 Å². The van der Waals surface area contributed by atoms with E-state index in [2.05, 4.69) is 15.6 Å². The van der Waals surface area contributed by atoms with Gasteiger partial charge in [0, 0.05) is 41.9 Å². The van der Waals surface area contributed by atoms with E-state index in [1.165, 1.54) is 0 Å². The van der Waals surface area contributed by atoms with Gasteiger partial charge in [-0.3, -0.25) is 9.78 Å². The number of amides is 3. The molecule has 3 amide bonds. The summed E-state index contributed by atoms with van der Waals surface area (Å²) in [5.41, 5.74) is 2.96. The summed E-state index contributed by atoms with van der Waals surface area (Å²) in [5, 5.41) is 5.54. The van der Waals surface area contributed by atoms with E-state index in [1.54, 1.807) is 36.7 Å². The second-order valence-corrected chi connectivity index (χ2v) is 7.05. The smallest absolute Gasteiger partial charge is 0.323 e. The highest BCUT2D eigenvalue weighted by Crippen LogP contribution is 2.30. The first-order chi connectivity index (χ1) is 14.2. The van der Waals surface area contributed by atoms with E-state index in [1.807, 2.05) is 47.4 Å². The molecule has 0 radical (unpaired) electrons. The summed E-state index contributed by atoms with van der Waals surface area (Å²) < 4.78 is 0. The number of nitrogens with one attached hydrogen (secondary N) is 2. The molecule has 0 saturated heterocycles. The number of benzene rings is 2. The van der Waals surface area contributed by atoms with Crippen LogP contribution in [-0.2, 0) is 6.54 Å². The van der Waals surface area contributed by atoms with Gasteiger partial charge in [-0.25, -0.2) is 4.79 Å². The Morgan fingerprint density at radius 2 is 1.59 bits per heavy atom. The monoisotopic (exact) mass is 386 g/mol. The van der Waals surface area contributed by atoms with Crippen molar-refractivity contribution in [2.45, 2.75) is 25.4 Å². The van der Waals surface area contributed by atoms with Crippen LogP contribution < -0.4 is 10.6 Å². The molecule has 2 N–H and O–H groups in total. The van der Waals surface area contributed by atoms with Gasteiger partial charge in [0.25, 0.3) is 5.91 Å². The minimum atomic E-state index is -0.327. The Morgan fingerprint density at radius 3 is 2.21 bits per heavy atom. The highest BCUT2D eigenvalue weighted by Gasteiger charge is 2.33. The fourth-order valence-corrected chi connectivity index (χ4v) is 3.12. The lowest BCUT2D eigenvalue weighted by atomic mass is 10.1. The molecule has 1 saturated carbocycles. The van der Waals surface area contributed by atoms with Gasteiger partial charge in [0.05, 0.1) is 0 Å². The van der Waals surface area contributed by atoms with Gasteiger partial charge in [-0.1, -0.05) is 24.3 Å². The number of hydrogen-bond acceptors (Lipinski definition) is 3. The molecule has 0 atom stereocenters. The first kappa shape index (κ1) is 18.7. The van der Waals surface area contributed by atoms with E-state index in [0.717, 1.165) is 18.4 Å². The van der Waals surface area contributed by atoms with Gasteiger partial charge < -0.3 is 15.5 Å². The lowest BCUT2D eigenvalue weighted by Gasteiger charge is -2.22. The van der Waals surface area contributed by atoms with Crippen LogP contribution in [0.3, 0.4) is 0 Å². The highest BCUT2D eigenvalue weighted by atomic mass is 16.2. The molecule has 146 valence electrons. The van der Waals surface area contributed by atoms with E-state index in [9.17, 15) is 9.59 Å². The molecule has 1 aromatic heterocycles. The van der Waals surface area contributed by atoms with Crippen molar-refractivity contribution in [3.8, 4) is 0 Å². The molecule has 0 bridgehead atoms. The SMILES string of the molecule is O=C(Nc1ccccc1)Nc1ccc(C(=O)N(Cc2cccnc2)C2CC2)cc1. The number of nitrogens with zero attached hydrogens (tertiary/aromatic N) is 2. The fraction of sp³-hybridized carbons (Fsp3) is 0.174. The van der Waals surface area contributed by atoms with Crippen LogP contribution in [0.1, 0.15) is 28.8 Å². The van der Waals surface area contributed by atoms with Crippen LogP contribution in [0.2, 0.25) is 0 Å². The van der Waals surface area contributed by atoms with Crippen molar-refractivity contribution >= 4 is 23.3 Å². The summed E-state index contributed by atoms with van der Waals surface area (Å²) in [7, 11) is 0. The summed E-state index contributed by atoms with van der Waals surface area (Å²) in [5.74, 6) is -0.00311. The van der Waals surface area contributed by atoms with Gasteiger partial charge in [0.15, 0.2) is 0 Å². The molecule has 1 fully saturated rings. The van der Waals surface area contributed by atoms with Crippen LogP contribution in [0.5, 0.6) is 0 Å². The molecule has 29 heavy (non-hydrogen) atoms. The predicted molar refractivity (Wildman–Crippen MR) is 113 cm³/mol. The summed E-state index contributed by atoms with van der Waals surface area (Å²) in [6, 6.07) is 20.0. The zero-order valence-corrected chi connectivity index (χ0v) is 15.9. The number of para-hydroxylation sites is 1. The molecule has 1 aliphatic rings. The van der Waals surface area contributed by atoms with Crippen LogP contribution in [0, 0.1) is 0 Å². The fourth-order valence-electron chi connectivity index (χ4n) is 3.12. The second-order valence-electron chi connectivity index (χ2n) is 7.05. The Labute approximate surface area is 169 Å². The number of rotatable bonds is 6. The molecule has 6 nitrogen and oxygen atoms in total. The molecule has 6 heteroatoms. The molecular weight excluding hydrogens is 364 g/mol. The third-order valence-corrected chi connectivity index (χ3v) is 4.75. The Bertz CT molecular complexity index is 971. The molecule has 0 unspecified atom stereocenters. The van der Waals surface area contributed by atoms with Gasteiger partial charge in [-0.2, -0.15) is 0 Å². The lowest BCUT2D eigenvalue weighted by molar-refractivity contribution is 0.0730. The maximum absolute atomic E-state index is 13.0. The summed E-state index contributed by atoms with van der Waals surface area (Å²) in [6.07, 6.45) is 5.59. The standard InChI is InChI=1S/C23H22N4O2/c28-22(27(21-12-13-21)16-17-5-4-14-24-15-17)18-8-10-20(11-9-18)26-23(29)25-19-6-2-1-3-7-19/h1-11,14-15,21H,12-13,16H2,(H2,25,26,29). The average Bonchev–Trinajstić information content (AvgIpc) is 3.59. The van der Waals surface area contributed by atoms with Crippen LogP contribution in [0.25, 0.3) is 0 Å². The third kappa shape index (κ3) is 4.99. The van der Waals surface area contributed by atoms with Crippen molar-refractivity contribution in [3.63, 3.8) is 0 Å². The summed E-state index contributed by atoms with van der Waals surface area (Å²) in [6.45, 7) is 0.552. The van der Waals surface area contributed by atoms with Gasteiger partial charge in [0.1, 0.15) is 0 Å².